The molecule has 0 aliphatic carbocycles. The van der Waals surface area contributed by atoms with Crippen LogP contribution in [0, 0.1) is 6.92 Å². The van der Waals surface area contributed by atoms with Gasteiger partial charge >= 0.3 is 0 Å². The summed E-state index contributed by atoms with van der Waals surface area (Å²) in [4.78, 5) is 10.1. The summed E-state index contributed by atoms with van der Waals surface area (Å²) in [5.41, 5.74) is 2.51. The van der Waals surface area contributed by atoms with E-state index in [9.17, 15) is 4.79 Å². The Balaban J connectivity index is 2.63. The molecular weight excluding hydrogens is 136 g/mol. The second-order valence-electron chi connectivity index (χ2n) is 2.69. The van der Waals surface area contributed by atoms with Crippen molar-refractivity contribution in [3.8, 4) is 0 Å². The molecule has 1 nitrogen and oxygen atoms in total. The molecule has 0 saturated carbocycles. The van der Waals surface area contributed by atoms with E-state index in [4.69, 9.17) is 0 Å². The summed E-state index contributed by atoms with van der Waals surface area (Å²) in [5, 5.41) is 0. The predicted molar refractivity (Wildman–Crippen MR) is 45.6 cm³/mol. The zero-order valence-corrected chi connectivity index (χ0v) is 6.71. The van der Waals surface area contributed by atoms with Crippen molar-refractivity contribution in [2.24, 2.45) is 0 Å². The van der Waals surface area contributed by atoms with Crippen LogP contribution in [-0.4, -0.2) is 6.29 Å². The van der Waals surface area contributed by atoms with Crippen molar-refractivity contribution in [3.05, 3.63) is 35.4 Å². The minimum Gasteiger partial charge on any atom is -0.303 e. The smallest absolute Gasteiger partial charge is 0.120 e. The molecule has 0 unspecified atom stereocenters. The lowest BCUT2D eigenvalue weighted by molar-refractivity contribution is -0.107. The molecule has 0 saturated heterocycles. The van der Waals surface area contributed by atoms with Crippen LogP contribution >= 0.6 is 0 Å². The Morgan fingerprint density at radius 1 is 1.45 bits per heavy atom. The highest BCUT2D eigenvalue weighted by molar-refractivity contribution is 5.50. The van der Waals surface area contributed by atoms with Crippen LogP contribution in [0.3, 0.4) is 0 Å². The minimum atomic E-state index is 0.628. The molecular formula is C10H12O. The first-order valence-corrected chi connectivity index (χ1v) is 3.82. The topological polar surface area (TPSA) is 17.1 Å². The number of aldehydes is 1. The Morgan fingerprint density at radius 3 is 2.91 bits per heavy atom. The van der Waals surface area contributed by atoms with E-state index in [0.717, 1.165) is 12.7 Å². The first-order valence-electron chi connectivity index (χ1n) is 3.82. The molecule has 1 aromatic carbocycles. The van der Waals surface area contributed by atoms with Gasteiger partial charge in [-0.2, -0.15) is 0 Å². The molecule has 0 heterocycles. The van der Waals surface area contributed by atoms with Gasteiger partial charge in [-0.3, -0.25) is 0 Å². The van der Waals surface area contributed by atoms with E-state index in [2.05, 4.69) is 25.1 Å². The molecule has 0 spiro atoms. The van der Waals surface area contributed by atoms with Crippen LogP contribution in [0.2, 0.25) is 0 Å². The maximum absolute atomic E-state index is 10.1. The zero-order chi connectivity index (χ0) is 8.10. The molecule has 1 rings (SSSR count). The summed E-state index contributed by atoms with van der Waals surface area (Å²) in [6.45, 7) is 2.06. The third-order valence-corrected chi connectivity index (χ3v) is 1.63. The number of carbonyl (C=O) groups is 1. The highest BCUT2D eigenvalue weighted by Gasteiger charge is 1.91. The Kier molecular flexibility index (Phi) is 2.84. The van der Waals surface area contributed by atoms with Crippen molar-refractivity contribution in [2.75, 3.05) is 0 Å². The van der Waals surface area contributed by atoms with E-state index in [1.807, 2.05) is 6.07 Å². The van der Waals surface area contributed by atoms with E-state index in [1.54, 1.807) is 0 Å². The lowest BCUT2D eigenvalue weighted by Crippen LogP contribution is -1.85. The molecule has 0 aliphatic heterocycles. The van der Waals surface area contributed by atoms with Crippen molar-refractivity contribution in [2.45, 2.75) is 19.8 Å². The van der Waals surface area contributed by atoms with Gasteiger partial charge in [-0.1, -0.05) is 29.8 Å². The predicted octanol–water partition coefficient (Wildman–Crippen LogP) is 2.13. The lowest BCUT2D eigenvalue weighted by atomic mass is 10.1. The van der Waals surface area contributed by atoms with Crippen molar-refractivity contribution in [1.82, 2.24) is 0 Å². The van der Waals surface area contributed by atoms with Crippen LogP contribution in [0.1, 0.15) is 17.5 Å². The van der Waals surface area contributed by atoms with Gasteiger partial charge in [0.1, 0.15) is 6.29 Å². The van der Waals surface area contributed by atoms with Gasteiger partial charge in [0.05, 0.1) is 0 Å². The van der Waals surface area contributed by atoms with Crippen LogP contribution in [0.15, 0.2) is 24.3 Å². The van der Waals surface area contributed by atoms with Gasteiger partial charge in [0.25, 0.3) is 0 Å². The number of hydrogen-bond acceptors (Lipinski definition) is 1. The van der Waals surface area contributed by atoms with Crippen LogP contribution in [-0.2, 0) is 11.2 Å². The average Bonchev–Trinajstić information content (AvgIpc) is 2.01. The molecule has 0 bridgehead atoms. The Morgan fingerprint density at radius 2 is 2.27 bits per heavy atom. The minimum absolute atomic E-state index is 0.628. The Hall–Kier alpha value is -1.11. The van der Waals surface area contributed by atoms with E-state index in [0.29, 0.717) is 6.42 Å². The molecule has 0 aliphatic rings. The largest absolute Gasteiger partial charge is 0.303 e. The number of hydrogen-bond donors (Lipinski definition) is 0. The molecule has 58 valence electrons. The summed E-state index contributed by atoms with van der Waals surface area (Å²) in [7, 11) is 0. The standard InChI is InChI=1S/C10H12O/c1-9-4-2-5-10(8-9)6-3-7-11/h2,4-5,7-8H,3,6H2,1H3. The zero-order valence-electron chi connectivity index (χ0n) is 6.71. The van der Waals surface area contributed by atoms with Gasteiger partial charge in [0, 0.05) is 6.42 Å². The second kappa shape index (κ2) is 3.91. The maximum atomic E-state index is 10.1. The second-order valence-corrected chi connectivity index (χ2v) is 2.69. The fourth-order valence-corrected chi connectivity index (χ4v) is 1.09. The molecule has 0 amide bonds. The molecule has 0 radical (unpaired) electrons. The SMILES string of the molecule is Cc1cccc(CCC=O)c1. The number of carbonyl (C=O) groups excluding carboxylic acids is 1. The number of benzene rings is 1. The maximum Gasteiger partial charge on any atom is 0.120 e. The van der Waals surface area contributed by atoms with Gasteiger partial charge in [-0.25, -0.2) is 0 Å². The van der Waals surface area contributed by atoms with Crippen LogP contribution in [0.4, 0.5) is 0 Å². The number of aryl methyl sites for hydroxylation is 2. The first kappa shape index (κ1) is 7.99. The molecule has 0 aromatic heterocycles. The quantitative estimate of drug-likeness (QED) is 0.600. The van der Waals surface area contributed by atoms with Crippen LogP contribution < -0.4 is 0 Å². The molecule has 1 aromatic rings. The summed E-state index contributed by atoms with van der Waals surface area (Å²) >= 11 is 0. The Labute approximate surface area is 67.1 Å². The molecule has 0 N–H and O–H groups in total. The fourth-order valence-electron chi connectivity index (χ4n) is 1.09. The highest BCUT2D eigenvalue weighted by atomic mass is 16.1. The van der Waals surface area contributed by atoms with Gasteiger partial charge in [0.2, 0.25) is 0 Å². The van der Waals surface area contributed by atoms with Crippen LogP contribution in [0.5, 0.6) is 0 Å². The molecule has 0 fully saturated rings. The summed E-state index contributed by atoms with van der Waals surface area (Å²) in [6.07, 6.45) is 2.46. The van der Waals surface area contributed by atoms with Gasteiger partial charge in [-0.15, -0.1) is 0 Å². The molecule has 1 heteroatoms. The van der Waals surface area contributed by atoms with E-state index in [-0.39, 0.29) is 0 Å². The number of rotatable bonds is 3. The lowest BCUT2D eigenvalue weighted by Gasteiger charge is -1.97. The van der Waals surface area contributed by atoms with Crippen molar-refractivity contribution in [1.29, 1.82) is 0 Å². The summed E-state index contributed by atoms with van der Waals surface area (Å²) in [6, 6.07) is 8.25. The van der Waals surface area contributed by atoms with Crippen LogP contribution in [0.25, 0.3) is 0 Å². The average molecular weight is 148 g/mol. The highest BCUT2D eigenvalue weighted by Crippen LogP contribution is 2.05. The third-order valence-electron chi connectivity index (χ3n) is 1.63. The molecule has 0 atom stereocenters. The molecule has 11 heavy (non-hydrogen) atoms. The fraction of sp³-hybridized carbons (Fsp3) is 0.300. The normalized spacial score (nSPS) is 9.55. The van der Waals surface area contributed by atoms with Crippen molar-refractivity contribution in [3.63, 3.8) is 0 Å². The van der Waals surface area contributed by atoms with Gasteiger partial charge in [0.15, 0.2) is 0 Å². The monoisotopic (exact) mass is 148 g/mol. The van der Waals surface area contributed by atoms with Crippen molar-refractivity contribution >= 4 is 6.29 Å². The summed E-state index contributed by atoms with van der Waals surface area (Å²) < 4.78 is 0. The van der Waals surface area contributed by atoms with E-state index >= 15 is 0 Å². The van der Waals surface area contributed by atoms with E-state index in [1.165, 1.54) is 11.1 Å². The Bertz CT molecular complexity index is 240. The first-order chi connectivity index (χ1) is 5.33. The summed E-state index contributed by atoms with van der Waals surface area (Å²) in [5.74, 6) is 0. The van der Waals surface area contributed by atoms with Gasteiger partial charge in [-0.05, 0) is 18.9 Å². The van der Waals surface area contributed by atoms with Gasteiger partial charge < -0.3 is 4.79 Å². The van der Waals surface area contributed by atoms with Crippen molar-refractivity contribution < 1.29 is 4.79 Å². The van der Waals surface area contributed by atoms with E-state index < -0.39 is 0 Å². The third kappa shape index (κ3) is 2.54.